The van der Waals surface area contributed by atoms with Crippen molar-refractivity contribution in [2.45, 2.75) is 32.0 Å². The molecule has 1 aromatic carbocycles. The fourth-order valence-electron chi connectivity index (χ4n) is 2.30. The maximum Gasteiger partial charge on any atom is 0.267 e. The minimum absolute atomic E-state index is 0.0919. The van der Waals surface area contributed by atoms with Crippen LogP contribution in [0, 0.1) is 13.8 Å². The molecule has 0 bridgehead atoms. The van der Waals surface area contributed by atoms with Crippen LogP contribution in [-0.2, 0) is 28.0 Å². The summed E-state index contributed by atoms with van der Waals surface area (Å²) < 4.78 is 37.5. The second-order valence-corrected chi connectivity index (χ2v) is 6.35. The van der Waals surface area contributed by atoms with Crippen molar-refractivity contribution in [1.29, 1.82) is 0 Å². The normalized spacial score (nSPS) is 14.3. The van der Waals surface area contributed by atoms with Gasteiger partial charge in [0.25, 0.3) is 10.0 Å². The van der Waals surface area contributed by atoms with Crippen LogP contribution in [0.2, 0.25) is 0 Å². The Morgan fingerprint density at radius 2 is 1.95 bits per heavy atom. The Hall–Kier alpha value is -1.86. The first-order valence-electron chi connectivity index (χ1n) is 6.12. The van der Waals surface area contributed by atoms with Gasteiger partial charge >= 0.3 is 0 Å². The van der Waals surface area contributed by atoms with Gasteiger partial charge in [0.05, 0.1) is 13.2 Å². The molecule has 0 radical (unpaired) electrons. The minimum atomic E-state index is -3.70. The summed E-state index contributed by atoms with van der Waals surface area (Å²) in [5.74, 6) is 0.277. The van der Waals surface area contributed by atoms with Gasteiger partial charge in [0, 0.05) is 5.69 Å². The summed E-state index contributed by atoms with van der Waals surface area (Å²) in [6, 6.07) is 5.38. The van der Waals surface area contributed by atoms with E-state index in [1.165, 1.54) is 0 Å². The quantitative estimate of drug-likeness (QED) is 0.937. The number of ether oxygens (including phenoxy) is 1. The Morgan fingerprint density at radius 3 is 2.65 bits per heavy atom. The molecule has 1 aliphatic rings. The van der Waals surface area contributed by atoms with E-state index in [2.05, 4.69) is 9.88 Å². The van der Waals surface area contributed by atoms with E-state index in [1.54, 1.807) is 26.0 Å². The van der Waals surface area contributed by atoms with Crippen molar-refractivity contribution in [1.82, 2.24) is 5.16 Å². The van der Waals surface area contributed by atoms with Crippen LogP contribution >= 0.6 is 0 Å². The zero-order chi connectivity index (χ0) is 14.3. The van der Waals surface area contributed by atoms with E-state index in [1.807, 2.05) is 6.07 Å². The molecule has 1 aromatic heterocycles. The summed E-state index contributed by atoms with van der Waals surface area (Å²) in [6.07, 6.45) is 0. The molecule has 0 aliphatic carbocycles. The van der Waals surface area contributed by atoms with Gasteiger partial charge in [0.2, 0.25) is 0 Å². The van der Waals surface area contributed by atoms with E-state index in [-0.39, 0.29) is 10.7 Å². The molecule has 2 aromatic rings. The number of nitrogens with one attached hydrogen (secondary N) is 1. The van der Waals surface area contributed by atoms with E-state index >= 15 is 0 Å². The number of hydrogen-bond donors (Lipinski definition) is 1. The molecular weight excluding hydrogens is 280 g/mol. The lowest BCUT2D eigenvalue weighted by molar-refractivity contribution is 0.134. The molecule has 0 saturated carbocycles. The van der Waals surface area contributed by atoms with Gasteiger partial charge in [0.15, 0.2) is 10.7 Å². The number of benzene rings is 1. The van der Waals surface area contributed by atoms with Crippen LogP contribution < -0.4 is 4.72 Å². The first kappa shape index (κ1) is 13.1. The molecule has 0 fully saturated rings. The second kappa shape index (κ2) is 4.60. The van der Waals surface area contributed by atoms with Gasteiger partial charge in [0.1, 0.15) is 5.69 Å². The fourth-order valence-corrected chi connectivity index (χ4v) is 3.68. The molecule has 0 atom stereocenters. The van der Waals surface area contributed by atoms with Crippen LogP contribution in [0.4, 0.5) is 5.69 Å². The lowest BCUT2D eigenvalue weighted by Crippen LogP contribution is -2.14. The van der Waals surface area contributed by atoms with E-state index in [0.29, 0.717) is 24.6 Å². The first-order valence-corrected chi connectivity index (χ1v) is 7.61. The van der Waals surface area contributed by atoms with Gasteiger partial charge in [-0.15, -0.1) is 0 Å². The van der Waals surface area contributed by atoms with Crippen LogP contribution in [0.3, 0.4) is 0 Å². The highest BCUT2D eigenvalue weighted by molar-refractivity contribution is 7.92. The molecule has 3 rings (SSSR count). The van der Waals surface area contributed by atoms with Crippen molar-refractivity contribution in [2.24, 2.45) is 0 Å². The molecule has 1 N–H and O–H groups in total. The Kier molecular flexibility index (Phi) is 3.02. The number of rotatable bonds is 3. The number of fused-ring (bicyclic) bond motifs is 1. The van der Waals surface area contributed by atoms with Crippen LogP contribution in [-0.4, -0.2) is 13.6 Å². The third-order valence-corrected chi connectivity index (χ3v) is 4.83. The van der Waals surface area contributed by atoms with Crippen molar-refractivity contribution in [2.75, 3.05) is 4.72 Å². The Bertz CT molecular complexity index is 745. The van der Waals surface area contributed by atoms with Crippen LogP contribution in [0.15, 0.2) is 27.6 Å². The largest absolute Gasteiger partial charge is 0.372 e. The Balaban J connectivity index is 1.94. The van der Waals surface area contributed by atoms with Gasteiger partial charge in [-0.2, -0.15) is 0 Å². The van der Waals surface area contributed by atoms with Crippen molar-refractivity contribution in [3.63, 3.8) is 0 Å². The van der Waals surface area contributed by atoms with Crippen LogP contribution in [0.1, 0.15) is 22.6 Å². The van der Waals surface area contributed by atoms with Gasteiger partial charge in [-0.05, 0) is 37.1 Å². The monoisotopic (exact) mass is 294 g/mol. The third kappa shape index (κ3) is 2.19. The lowest BCUT2D eigenvalue weighted by Gasteiger charge is -2.08. The highest BCUT2D eigenvalue weighted by atomic mass is 32.2. The summed E-state index contributed by atoms with van der Waals surface area (Å²) in [5.41, 5.74) is 2.95. The molecule has 1 aliphatic heterocycles. The molecule has 0 spiro atoms. The summed E-state index contributed by atoms with van der Waals surface area (Å²) in [7, 11) is -3.70. The summed E-state index contributed by atoms with van der Waals surface area (Å²) >= 11 is 0. The van der Waals surface area contributed by atoms with E-state index in [9.17, 15) is 8.42 Å². The number of aromatic nitrogens is 1. The average molecular weight is 294 g/mol. The maximum atomic E-state index is 12.4. The predicted molar refractivity (Wildman–Crippen MR) is 71.7 cm³/mol. The van der Waals surface area contributed by atoms with E-state index in [0.717, 1.165) is 11.1 Å². The SMILES string of the molecule is Cc1noc(C)c1S(=O)(=O)Nc1ccc2c(c1)COC2. The first-order chi connectivity index (χ1) is 9.47. The second-order valence-electron chi connectivity index (χ2n) is 4.74. The minimum Gasteiger partial charge on any atom is -0.372 e. The average Bonchev–Trinajstić information content (AvgIpc) is 2.95. The summed E-state index contributed by atoms with van der Waals surface area (Å²) in [6.45, 7) is 4.26. The van der Waals surface area contributed by atoms with Gasteiger partial charge in [-0.25, -0.2) is 8.42 Å². The predicted octanol–water partition coefficient (Wildman–Crippen LogP) is 2.12. The zero-order valence-electron chi connectivity index (χ0n) is 11.1. The summed E-state index contributed by atoms with van der Waals surface area (Å²) in [4.78, 5) is 0.0919. The maximum absolute atomic E-state index is 12.4. The van der Waals surface area contributed by atoms with Crippen LogP contribution in [0.25, 0.3) is 0 Å². The van der Waals surface area contributed by atoms with Gasteiger partial charge < -0.3 is 9.26 Å². The topological polar surface area (TPSA) is 81.4 Å². The highest BCUT2D eigenvalue weighted by Crippen LogP contribution is 2.26. The molecule has 6 nitrogen and oxygen atoms in total. The third-order valence-electron chi connectivity index (χ3n) is 3.21. The van der Waals surface area contributed by atoms with Crippen molar-refractivity contribution in [3.8, 4) is 0 Å². The zero-order valence-corrected chi connectivity index (χ0v) is 12.0. The Labute approximate surface area is 116 Å². The van der Waals surface area contributed by atoms with Gasteiger partial charge in [-0.3, -0.25) is 4.72 Å². The number of anilines is 1. The molecule has 0 amide bonds. The van der Waals surface area contributed by atoms with Crippen molar-refractivity contribution in [3.05, 3.63) is 40.8 Å². The molecule has 106 valence electrons. The van der Waals surface area contributed by atoms with E-state index < -0.39 is 10.0 Å². The van der Waals surface area contributed by atoms with Crippen LogP contribution in [0.5, 0.6) is 0 Å². The molecule has 0 saturated heterocycles. The Morgan fingerprint density at radius 1 is 1.20 bits per heavy atom. The molecule has 0 unspecified atom stereocenters. The smallest absolute Gasteiger partial charge is 0.267 e. The fraction of sp³-hybridized carbons (Fsp3) is 0.308. The molecule has 2 heterocycles. The molecule has 7 heteroatoms. The standard InChI is InChI=1S/C13H14N2O4S/c1-8-13(9(2)19-14-8)20(16,17)15-12-4-3-10-6-18-7-11(10)5-12/h3-5,15H,6-7H2,1-2H3. The van der Waals surface area contributed by atoms with Crippen molar-refractivity contribution >= 4 is 15.7 Å². The number of aryl methyl sites for hydroxylation is 2. The lowest BCUT2D eigenvalue weighted by atomic mass is 10.1. The van der Waals surface area contributed by atoms with E-state index in [4.69, 9.17) is 9.26 Å². The number of hydrogen-bond acceptors (Lipinski definition) is 5. The highest BCUT2D eigenvalue weighted by Gasteiger charge is 2.24. The molecular formula is C13H14N2O4S. The van der Waals surface area contributed by atoms with Gasteiger partial charge in [-0.1, -0.05) is 11.2 Å². The van der Waals surface area contributed by atoms with Crippen molar-refractivity contribution < 1.29 is 17.7 Å². The molecule has 20 heavy (non-hydrogen) atoms. The number of sulfonamides is 1. The summed E-state index contributed by atoms with van der Waals surface area (Å²) in [5, 5.41) is 3.67. The number of nitrogens with zero attached hydrogens (tertiary/aromatic N) is 1.